The predicted octanol–water partition coefficient (Wildman–Crippen LogP) is 2.84. The summed E-state index contributed by atoms with van der Waals surface area (Å²) in [6.07, 6.45) is -4.52. The molecule has 6 heteroatoms. The molecule has 2 N–H and O–H groups in total. The van der Waals surface area contributed by atoms with E-state index >= 15 is 0 Å². The second kappa shape index (κ2) is 6.74. The zero-order valence-electron chi connectivity index (χ0n) is 11.4. The molecule has 1 amide bonds. The molecule has 0 saturated carbocycles. The number of hydrogen-bond donors (Lipinski definition) is 2. The van der Waals surface area contributed by atoms with Crippen LogP contribution in [0.4, 0.5) is 13.2 Å². The standard InChI is InChI=1S/C14H18F3NO2/c1-9(2)7-12(19)8-18-13(20)10-3-5-11(6-4-10)14(15,16)17/h3-6,9,12,19H,7-8H2,1-2H3,(H,18,20). The molecule has 0 fully saturated rings. The Morgan fingerprint density at radius 1 is 1.25 bits per heavy atom. The highest BCUT2D eigenvalue weighted by molar-refractivity contribution is 5.94. The quantitative estimate of drug-likeness (QED) is 0.875. The van der Waals surface area contributed by atoms with Crippen molar-refractivity contribution in [2.45, 2.75) is 32.5 Å². The van der Waals surface area contributed by atoms with Crippen molar-refractivity contribution in [2.24, 2.45) is 5.92 Å². The van der Waals surface area contributed by atoms with Crippen LogP contribution >= 0.6 is 0 Å². The number of aliphatic hydroxyl groups excluding tert-OH is 1. The first-order chi connectivity index (χ1) is 9.20. The van der Waals surface area contributed by atoms with Crippen LogP contribution in [0.1, 0.15) is 36.2 Å². The number of aliphatic hydroxyl groups is 1. The van der Waals surface area contributed by atoms with Gasteiger partial charge < -0.3 is 10.4 Å². The van der Waals surface area contributed by atoms with E-state index in [0.717, 1.165) is 24.3 Å². The van der Waals surface area contributed by atoms with E-state index in [1.54, 1.807) is 0 Å². The van der Waals surface area contributed by atoms with Gasteiger partial charge in [0.1, 0.15) is 0 Å². The van der Waals surface area contributed by atoms with Gasteiger partial charge in [0.15, 0.2) is 0 Å². The third-order valence-electron chi connectivity index (χ3n) is 2.72. The van der Waals surface area contributed by atoms with Crippen LogP contribution in [-0.4, -0.2) is 23.7 Å². The number of carbonyl (C=O) groups is 1. The molecular weight excluding hydrogens is 271 g/mol. The lowest BCUT2D eigenvalue weighted by molar-refractivity contribution is -0.137. The predicted molar refractivity (Wildman–Crippen MR) is 69.2 cm³/mol. The number of amides is 1. The molecule has 0 aliphatic rings. The minimum absolute atomic E-state index is 0.0814. The van der Waals surface area contributed by atoms with E-state index in [0.29, 0.717) is 12.3 Å². The summed E-state index contributed by atoms with van der Waals surface area (Å²) < 4.78 is 37.1. The van der Waals surface area contributed by atoms with Crippen LogP contribution in [0.15, 0.2) is 24.3 Å². The summed E-state index contributed by atoms with van der Waals surface area (Å²) in [6.45, 7) is 3.97. The van der Waals surface area contributed by atoms with Crippen LogP contribution in [0.25, 0.3) is 0 Å². The Morgan fingerprint density at radius 2 is 1.80 bits per heavy atom. The van der Waals surface area contributed by atoms with Crippen molar-refractivity contribution < 1.29 is 23.1 Å². The molecule has 0 aliphatic heterocycles. The van der Waals surface area contributed by atoms with Crippen molar-refractivity contribution in [3.63, 3.8) is 0 Å². The number of benzene rings is 1. The molecule has 0 aromatic heterocycles. The average Bonchev–Trinajstić information content (AvgIpc) is 2.34. The molecule has 1 unspecified atom stereocenters. The second-order valence-corrected chi connectivity index (χ2v) is 5.07. The number of hydrogen-bond acceptors (Lipinski definition) is 2. The topological polar surface area (TPSA) is 49.3 Å². The fourth-order valence-corrected chi connectivity index (χ4v) is 1.75. The lowest BCUT2D eigenvalue weighted by Gasteiger charge is -2.14. The second-order valence-electron chi connectivity index (χ2n) is 5.07. The van der Waals surface area contributed by atoms with Crippen LogP contribution in [0.3, 0.4) is 0 Å². The van der Waals surface area contributed by atoms with Gasteiger partial charge in [0.25, 0.3) is 5.91 Å². The van der Waals surface area contributed by atoms with Gasteiger partial charge in [0.05, 0.1) is 11.7 Å². The monoisotopic (exact) mass is 289 g/mol. The Balaban J connectivity index is 2.56. The zero-order chi connectivity index (χ0) is 15.3. The highest BCUT2D eigenvalue weighted by Crippen LogP contribution is 2.29. The summed E-state index contributed by atoms with van der Waals surface area (Å²) in [5.74, 6) is -0.200. The Hall–Kier alpha value is -1.56. The Labute approximate surface area is 115 Å². The summed E-state index contributed by atoms with van der Waals surface area (Å²) in [4.78, 5) is 11.7. The van der Waals surface area contributed by atoms with E-state index in [1.807, 2.05) is 13.8 Å². The maximum Gasteiger partial charge on any atom is 0.416 e. The molecule has 1 aromatic rings. The maximum atomic E-state index is 12.4. The van der Waals surface area contributed by atoms with E-state index in [4.69, 9.17) is 0 Å². The third-order valence-corrected chi connectivity index (χ3v) is 2.72. The highest BCUT2D eigenvalue weighted by Gasteiger charge is 2.30. The largest absolute Gasteiger partial charge is 0.416 e. The van der Waals surface area contributed by atoms with Crippen molar-refractivity contribution in [2.75, 3.05) is 6.54 Å². The molecule has 0 heterocycles. The molecule has 1 aromatic carbocycles. The number of halogens is 3. The summed E-state index contributed by atoms with van der Waals surface area (Å²) in [5, 5.41) is 12.1. The fourth-order valence-electron chi connectivity index (χ4n) is 1.75. The first kappa shape index (κ1) is 16.5. The third kappa shape index (κ3) is 5.21. The zero-order valence-corrected chi connectivity index (χ0v) is 11.4. The number of rotatable bonds is 5. The molecular formula is C14H18F3NO2. The molecule has 3 nitrogen and oxygen atoms in total. The summed E-state index contributed by atoms with van der Waals surface area (Å²) in [6, 6.07) is 3.96. The van der Waals surface area contributed by atoms with E-state index < -0.39 is 23.8 Å². The van der Waals surface area contributed by atoms with Crippen molar-refractivity contribution >= 4 is 5.91 Å². The highest BCUT2D eigenvalue weighted by atomic mass is 19.4. The molecule has 0 bridgehead atoms. The van der Waals surface area contributed by atoms with Gasteiger partial charge in [0.2, 0.25) is 0 Å². The Morgan fingerprint density at radius 3 is 2.25 bits per heavy atom. The van der Waals surface area contributed by atoms with Crippen LogP contribution < -0.4 is 5.32 Å². The van der Waals surface area contributed by atoms with E-state index in [-0.39, 0.29) is 12.1 Å². The lowest BCUT2D eigenvalue weighted by Crippen LogP contribution is -2.32. The van der Waals surface area contributed by atoms with E-state index in [1.165, 1.54) is 0 Å². The van der Waals surface area contributed by atoms with Crippen LogP contribution in [0, 0.1) is 5.92 Å². The van der Waals surface area contributed by atoms with Crippen molar-refractivity contribution in [3.05, 3.63) is 35.4 Å². The van der Waals surface area contributed by atoms with Gasteiger partial charge in [0, 0.05) is 12.1 Å². The van der Waals surface area contributed by atoms with Gasteiger partial charge in [-0.1, -0.05) is 13.8 Å². The molecule has 0 saturated heterocycles. The van der Waals surface area contributed by atoms with E-state index in [9.17, 15) is 23.1 Å². The van der Waals surface area contributed by atoms with Crippen molar-refractivity contribution in [1.29, 1.82) is 0 Å². The minimum atomic E-state index is -4.41. The molecule has 0 radical (unpaired) electrons. The van der Waals surface area contributed by atoms with Crippen LogP contribution in [-0.2, 0) is 6.18 Å². The van der Waals surface area contributed by atoms with Crippen molar-refractivity contribution in [3.8, 4) is 0 Å². The number of nitrogens with one attached hydrogen (secondary N) is 1. The molecule has 112 valence electrons. The normalized spacial score (nSPS) is 13.3. The first-order valence-electron chi connectivity index (χ1n) is 6.33. The molecule has 0 spiro atoms. The SMILES string of the molecule is CC(C)CC(O)CNC(=O)c1ccc(C(F)(F)F)cc1. The average molecular weight is 289 g/mol. The smallest absolute Gasteiger partial charge is 0.391 e. The van der Waals surface area contributed by atoms with Gasteiger partial charge >= 0.3 is 6.18 Å². The molecule has 0 aliphatic carbocycles. The van der Waals surface area contributed by atoms with Crippen molar-refractivity contribution in [1.82, 2.24) is 5.32 Å². The summed E-state index contributed by atoms with van der Waals surface area (Å²) in [7, 11) is 0. The van der Waals surface area contributed by atoms with Gasteiger partial charge in [-0.2, -0.15) is 13.2 Å². The number of carbonyl (C=O) groups excluding carboxylic acids is 1. The van der Waals surface area contributed by atoms with Crippen LogP contribution in [0.2, 0.25) is 0 Å². The van der Waals surface area contributed by atoms with Gasteiger partial charge in [-0.3, -0.25) is 4.79 Å². The first-order valence-corrected chi connectivity index (χ1v) is 6.33. The molecule has 20 heavy (non-hydrogen) atoms. The maximum absolute atomic E-state index is 12.4. The van der Waals surface area contributed by atoms with Gasteiger partial charge in [-0.15, -0.1) is 0 Å². The summed E-state index contributed by atoms with van der Waals surface area (Å²) in [5.41, 5.74) is -0.663. The van der Waals surface area contributed by atoms with Crippen LogP contribution in [0.5, 0.6) is 0 Å². The molecule has 1 rings (SSSR count). The van der Waals surface area contributed by atoms with Gasteiger partial charge in [-0.05, 0) is 36.6 Å². The Bertz CT molecular complexity index is 441. The molecule has 1 atom stereocenters. The summed E-state index contributed by atoms with van der Waals surface area (Å²) >= 11 is 0. The van der Waals surface area contributed by atoms with E-state index in [2.05, 4.69) is 5.32 Å². The minimum Gasteiger partial charge on any atom is -0.391 e. The Kier molecular flexibility index (Phi) is 5.56. The lowest BCUT2D eigenvalue weighted by atomic mass is 10.1. The van der Waals surface area contributed by atoms with Gasteiger partial charge in [-0.25, -0.2) is 0 Å². The fraction of sp³-hybridized carbons (Fsp3) is 0.500. The number of alkyl halides is 3.